The van der Waals surface area contributed by atoms with Crippen molar-refractivity contribution in [3.8, 4) is 0 Å². The average molecular weight is 198 g/mol. The van der Waals surface area contributed by atoms with Gasteiger partial charge in [0.15, 0.2) is 0 Å². The van der Waals surface area contributed by atoms with Crippen LogP contribution in [-0.4, -0.2) is 37.5 Å². The minimum absolute atomic E-state index is 0.290. The molecule has 0 spiro atoms. The van der Waals surface area contributed by atoms with Crippen LogP contribution in [0.3, 0.4) is 0 Å². The van der Waals surface area contributed by atoms with E-state index in [1.165, 1.54) is 12.8 Å². The van der Waals surface area contributed by atoms with Crippen LogP contribution in [0.15, 0.2) is 0 Å². The monoisotopic (exact) mass is 198 g/mol. The maximum absolute atomic E-state index is 11.5. The molecule has 0 radical (unpaired) electrons. The quantitative estimate of drug-likeness (QED) is 0.737. The number of amides is 1. The summed E-state index contributed by atoms with van der Waals surface area (Å²) in [6.07, 6.45) is 4.15. The molecule has 1 amide bonds. The van der Waals surface area contributed by atoms with E-state index in [0.29, 0.717) is 12.3 Å². The predicted molar refractivity (Wildman–Crippen MR) is 58.1 cm³/mol. The Balaban J connectivity index is 2.24. The summed E-state index contributed by atoms with van der Waals surface area (Å²) in [5.41, 5.74) is 0. The Bertz CT molecular complexity index is 176. The Hall–Kier alpha value is -0.570. The molecule has 0 aliphatic carbocycles. The Morgan fingerprint density at radius 3 is 2.93 bits per heavy atom. The van der Waals surface area contributed by atoms with Crippen molar-refractivity contribution in [2.24, 2.45) is 5.92 Å². The summed E-state index contributed by atoms with van der Waals surface area (Å²) in [5.74, 6) is 0.952. The van der Waals surface area contributed by atoms with Gasteiger partial charge in [-0.2, -0.15) is 0 Å². The van der Waals surface area contributed by atoms with Crippen molar-refractivity contribution in [1.29, 1.82) is 0 Å². The van der Waals surface area contributed by atoms with Gasteiger partial charge in [-0.25, -0.2) is 0 Å². The highest BCUT2D eigenvalue weighted by atomic mass is 16.2. The van der Waals surface area contributed by atoms with E-state index < -0.39 is 0 Å². The van der Waals surface area contributed by atoms with E-state index in [-0.39, 0.29) is 5.91 Å². The first-order chi connectivity index (χ1) is 6.74. The normalized spacial score (nSPS) is 22.0. The minimum Gasteiger partial charge on any atom is -0.345 e. The van der Waals surface area contributed by atoms with Crippen molar-refractivity contribution < 1.29 is 4.79 Å². The summed E-state index contributed by atoms with van der Waals surface area (Å²) in [5, 5.41) is 3.37. The summed E-state index contributed by atoms with van der Waals surface area (Å²) in [4.78, 5) is 13.4. The molecule has 0 aromatic carbocycles. The topological polar surface area (TPSA) is 32.3 Å². The van der Waals surface area contributed by atoms with Crippen molar-refractivity contribution in [3.05, 3.63) is 0 Å². The van der Waals surface area contributed by atoms with Gasteiger partial charge in [-0.3, -0.25) is 4.79 Å². The number of carbonyl (C=O) groups excluding carboxylic acids is 1. The molecule has 0 aromatic rings. The number of rotatable bonds is 4. The first kappa shape index (κ1) is 11.5. The molecule has 1 aliphatic heterocycles. The second-order valence-electron chi connectivity index (χ2n) is 4.24. The van der Waals surface area contributed by atoms with E-state index >= 15 is 0 Å². The molecule has 0 saturated carbocycles. The fourth-order valence-corrected chi connectivity index (χ4v) is 1.97. The average Bonchev–Trinajstić information content (AvgIpc) is 2.19. The van der Waals surface area contributed by atoms with Gasteiger partial charge < -0.3 is 10.2 Å². The van der Waals surface area contributed by atoms with Crippen molar-refractivity contribution in [3.63, 3.8) is 0 Å². The molecular weight excluding hydrogens is 176 g/mol. The number of nitrogens with zero attached hydrogens (tertiary/aromatic N) is 1. The third-order valence-corrected chi connectivity index (χ3v) is 2.82. The number of hydrogen-bond donors (Lipinski definition) is 1. The first-order valence-corrected chi connectivity index (χ1v) is 5.68. The first-order valence-electron chi connectivity index (χ1n) is 5.68. The zero-order valence-electron chi connectivity index (χ0n) is 9.38. The summed E-state index contributed by atoms with van der Waals surface area (Å²) >= 11 is 0. The molecule has 82 valence electrons. The maximum Gasteiger partial charge on any atom is 0.222 e. The Morgan fingerprint density at radius 2 is 2.36 bits per heavy atom. The van der Waals surface area contributed by atoms with E-state index in [0.717, 1.165) is 26.1 Å². The van der Waals surface area contributed by atoms with Crippen LogP contribution in [0.2, 0.25) is 0 Å². The van der Waals surface area contributed by atoms with Gasteiger partial charge >= 0.3 is 0 Å². The van der Waals surface area contributed by atoms with Gasteiger partial charge in [0.25, 0.3) is 0 Å². The van der Waals surface area contributed by atoms with Gasteiger partial charge in [-0.1, -0.05) is 6.92 Å². The second-order valence-corrected chi connectivity index (χ2v) is 4.24. The molecule has 3 heteroatoms. The largest absolute Gasteiger partial charge is 0.345 e. The van der Waals surface area contributed by atoms with Crippen LogP contribution in [0.4, 0.5) is 0 Å². The number of nitrogens with one attached hydrogen (secondary N) is 1. The third-order valence-electron chi connectivity index (χ3n) is 2.82. The Labute approximate surface area is 86.9 Å². The zero-order valence-corrected chi connectivity index (χ0v) is 9.38. The molecule has 1 heterocycles. The standard InChI is InChI=1S/C11H22N2O/c1-3-5-11(14)13(2)9-10-6-4-7-12-8-10/h10,12H,3-9H2,1-2H3. The highest BCUT2D eigenvalue weighted by molar-refractivity contribution is 5.75. The van der Waals surface area contributed by atoms with E-state index in [1.807, 2.05) is 18.9 Å². The smallest absolute Gasteiger partial charge is 0.222 e. The lowest BCUT2D eigenvalue weighted by Gasteiger charge is -2.27. The lowest BCUT2D eigenvalue weighted by molar-refractivity contribution is -0.130. The van der Waals surface area contributed by atoms with Gasteiger partial charge in [0.05, 0.1) is 0 Å². The Kier molecular flexibility index (Phi) is 4.94. The molecule has 0 aromatic heterocycles. The van der Waals surface area contributed by atoms with Gasteiger partial charge in [-0.15, -0.1) is 0 Å². The van der Waals surface area contributed by atoms with E-state index in [4.69, 9.17) is 0 Å². The van der Waals surface area contributed by atoms with E-state index in [9.17, 15) is 4.79 Å². The van der Waals surface area contributed by atoms with Crippen LogP contribution >= 0.6 is 0 Å². The van der Waals surface area contributed by atoms with Crippen LogP contribution in [0.5, 0.6) is 0 Å². The van der Waals surface area contributed by atoms with Crippen LogP contribution in [0.1, 0.15) is 32.6 Å². The molecule has 1 aliphatic rings. The molecule has 1 unspecified atom stereocenters. The minimum atomic E-state index is 0.290. The molecule has 14 heavy (non-hydrogen) atoms. The summed E-state index contributed by atoms with van der Waals surface area (Å²) in [6, 6.07) is 0. The molecular formula is C11H22N2O. The lowest BCUT2D eigenvalue weighted by Crippen LogP contribution is -2.39. The highest BCUT2D eigenvalue weighted by Crippen LogP contribution is 2.11. The number of hydrogen-bond acceptors (Lipinski definition) is 2. The second kappa shape index (κ2) is 6.02. The predicted octanol–water partition coefficient (Wildman–Crippen LogP) is 1.24. The summed E-state index contributed by atoms with van der Waals surface area (Å²) < 4.78 is 0. The third kappa shape index (κ3) is 3.66. The highest BCUT2D eigenvalue weighted by Gasteiger charge is 2.17. The van der Waals surface area contributed by atoms with Crippen molar-refractivity contribution in [2.45, 2.75) is 32.6 Å². The number of carbonyl (C=O) groups is 1. The lowest BCUT2D eigenvalue weighted by atomic mass is 9.99. The Morgan fingerprint density at radius 1 is 1.57 bits per heavy atom. The van der Waals surface area contributed by atoms with Gasteiger partial charge in [0.2, 0.25) is 5.91 Å². The SMILES string of the molecule is CCCC(=O)N(C)CC1CCCNC1. The number of piperidine rings is 1. The van der Waals surface area contributed by atoms with Crippen molar-refractivity contribution in [1.82, 2.24) is 10.2 Å². The van der Waals surface area contributed by atoms with Gasteiger partial charge in [0, 0.05) is 20.0 Å². The van der Waals surface area contributed by atoms with Crippen LogP contribution < -0.4 is 5.32 Å². The molecule has 3 nitrogen and oxygen atoms in total. The molecule has 1 atom stereocenters. The van der Waals surface area contributed by atoms with Gasteiger partial charge in [-0.05, 0) is 38.3 Å². The summed E-state index contributed by atoms with van der Waals surface area (Å²) in [6.45, 7) is 5.19. The molecule has 0 bridgehead atoms. The maximum atomic E-state index is 11.5. The van der Waals surface area contributed by atoms with Crippen molar-refractivity contribution >= 4 is 5.91 Å². The molecule has 1 fully saturated rings. The molecule has 1 saturated heterocycles. The van der Waals surface area contributed by atoms with Crippen LogP contribution in [0, 0.1) is 5.92 Å². The fourth-order valence-electron chi connectivity index (χ4n) is 1.97. The van der Waals surface area contributed by atoms with E-state index in [1.54, 1.807) is 0 Å². The van der Waals surface area contributed by atoms with E-state index in [2.05, 4.69) is 5.32 Å². The van der Waals surface area contributed by atoms with Gasteiger partial charge in [0.1, 0.15) is 0 Å². The van der Waals surface area contributed by atoms with Crippen LogP contribution in [0.25, 0.3) is 0 Å². The zero-order chi connectivity index (χ0) is 10.4. The van der Waals surface area contributed by atoms with Crippen molar-refractivity contribution in [2.75, 3.05) is 26.7 Å². The van der Waals surface area contributed by atoms with Crippen LogP contribution in [-0.2, 0) is 4.79 Å². The fraction of sp³-hybridized carbons (Fsp3) is 0.909. The summed E-state index contributed by atoms with van der Waals surface area (Å²) in [7, 11) is 1.92. The molecule has 1 N–H and O–H groups in total. The molecule has 1 rings (SSSR count).